The minimum atomic E-state index is -4.67. The molecule has 0 N–H and O–H groups in total. The number of aryl methyl sites for hydroxylation is 1. The topological polar surface area (TPSA) is 43.4 Å². The SMILES string of the molecule is CCSc1ccc(C(F)(F)/C(=C/c2ccc(C(F)(F)F)cc2)OS(=O)(=O)c2ccc(C)cc2)cc1. The van der Waals surface area contributed by atoms with Gasteiger partial charge in [0, 0.05) is 10.5 Å². The minimum Gasteiger partial charge on any atom is -0.377 e. The first-order valence-corrected chi connectivity index (χ1v) is 12.7. The zero-order valence-electron chi connectivity index (χ0n) is 18.6. The number of benzene rings is 3. The Labute approximate surface area is 204 Å². The monoisotopic (exact) mass is 528 g/mol. The van der Waals surface area contributed by atoms with E-state index in [2.05, 4.69) is 0 Å². The highest BCUT2D eigenvalue weighted by Crippen LogP contribution is 2.40. The van der Waals surface area contributed by atoms with Crippen LogP contribution in [0, 0.1) is 6.92 Å². The summed E-state index contributed by atoms with van der Waals surface area (Å²) >= 11 is 1.44. The van der Waals surface area contributed by atoms with Crippen LogP contribution in [0.3, 0.4) is 0 Å². The van der Waals surface area contributed by atoms with Crippen molar-refractivity contribution in [2.75, 3.05) is 5.75 Å². The number of rotatable bonds is 8. The van der Waals surface area contributed by atoms with Gasteiger partial charge in [0.05, 0.1) is 5.56 Å². The third-order valence-electron chi connectivity index (χ3n) is 4.88. The molecule has 0 spiro atoms. The Morgan fingerprint density at radius 3 is 1.91 bits per heavy atom. The highest BCUT2D eigenvalue weighted by atomic mass is 32.2. The van der Waals surface area contributed by atoms with Gasteiger partial charge in [0.2, 0.25) is 0 Å². The summed E-state index contributed by atoms with van der Waals surface area (Å²) < 4.78 is 100. The van der Waals surface area contributed by atoms with Crippen LogP contribution in [0.1, 0.15) is 29.2 Å². The van der Waals surface area contributed by atoms with Crippen molar-refractivity contribution in [3.8, 4) is 0 Å². The van der Waals surface area contributed by atoms with Crippen molar-refractivity contribution in [3.05, 3.63) is 101 Å². The molecule has 3 nitrogen and oxygen atoms in total. The molecule has 10 heteroatoms. The van der Waals surface area contributed by atoms with E-state index in [4.69, 9.17) is 4.18 Å². The Morgan fingerprint density at radius 1 is 0.857 bits per heavy atom. The van der Waals surface area contributed by atoms with E-state index in [-0.39, 0.29) is 10.5 Å². The Kier molecular flexibility index (Phi) is 7.96. The van der Waals surface area contributed by atoms with E-state index in [1.165, 1.54) is 48.2 Å². The highest BCUT2D eigenvalue weighted by Gasteiger charge is 2.41. The molecule has 186 valence electrons. The number of alkyl halides is 5. The smallest absolute Gasteiger partial charge is 0.377 e. The summed E-state index contributed by atoms with van der Waals surface area (Å²) in [5.41, 5.74) is -0.847. The van der Waals surface area contributed by atoms with Crippen molar-refractivity contribution in [2.24, 2.45) is 0 Å². The first-order valence-electron chi connectivity index (χ1n) is 10.3. The first kappa shape index (κ1) is 26.7. The molecular formula is C25H21F5O3S2. The summed E-state index contributed by atoms with van der Waals surface area (Å²) in [6, 6.07) is 14.0. The van der Waals surface area contributed by atoms with Crippen LogP contribution in [0.2, 0.25) is 0 Å². The quantitative estimate of drug-likeness (QED) is 0.130. The molecule has 0 saturated carbocycles. The zero-order valence-corrected chi connectivity index (χ0v) is 20.3. The maximum absolute atomic E-state index is 15.6. The van der Waals surface area contributed by atoms with Crippen molar-refractivity contribution >= 4 is 28.0 Å². The van der Waals surface area contributed by atoms with Gasteiger partial charge < -0.3 is 4.18 Å². The number of hydrogen-bond donors (Lipinski definition) is 0. The van der Waals surface area contributed by atoms with Crippen molar-refractivity contribution < 1.29 is 34.6 Å². The van der Waals surface area contributed by atoms with Crippen LogP contribution in [-0.2, 0) is 26.4 Å². The summed E-state index contributed by atoms with van der Waals surface area (Å²) in [5, 5.41) is 0. The van der Waals surface area contributed by atoms with Gasteiger partial charge in [-0.3, -0.25) is 0 Å². The van der Waals surface area contributed by atoms with E-state index in [0.29, 0.717) is 12.1 Å². The van der Waals surface area contributed by atoms with Crippen LogP contribution in [0.15, 0.2) is 88.3 Å². The summed E-state index contributed by atoms with van der Waals surface area (Å²) in [6.45, 7) is 3.63. The van der Waals surface area contributed by atoms with Gasteiger partial charge in [-0.25, -0.2) is 0 Å². The van der Waals surface area contributed by atoms with Gasteiger partial charge in [-0.1, -0.05) is 48.9 Å². The third kappa shape index (κ3) is 6.64. The van der Waals surface area contributed by atoms with E-state index in [9.17, 15) is 21.6 Å². The third-order valence-corrected chi connectivity index (χ3v) is 7.02. The second-order valence-electron chi connectivity index (χ2n) is 7.51. The first-order chi connectivity index (χ1) is 16.3. The second kappa shape index (κ2) is 10.4. The molecule has 0 unspecified atom stereocenters. The number of allylic oxidation sites excluding steroid dienone is 1. The molecule has 35 heavy (non-hydrogen) atoms. The lowest BCUT2D eigenvalue weighted by Crippen LogP contribution is -2.22. The second-order valence-corrected chi connectivity index (χ2v) is 10.4. The van der Waals surface area contributed by atoms with Crippen LogP contribution < -0.4 is 0 Å². The van der Waals surface area contributed by atoms with Crippen LogP contribution in [-0.4, -0.2) is 14.2 Å². The van der Waals surface area contributed by atoms with E-state index < -0.39 is 39.1 Å². The zero-order chi connectivity index (χ0) is 25.9. The van der Waals surface area contributed by atoms with E-state index >= 15 is 8.78 Å². The highest BCUT2D eigenvalue weighted by molar-refractivity contribution is 7.99. The molecule has 0 fully saturated rings. The number of thioether (sulfide) groups is 1. The van der Waals surface area contributed by atoms with Gasteiger partial charge in [0.15, 0.2) is 5.76 Å². The average molecular weight is 529 g/mol. The summed E-state index contributed by atoms with van der Waals surface area (Å²) in [4.78, 5) is 0.403. The van der Waals surface area contributed by atoms with Gasteiger partial charge in [-0.05, 0) is 60.7 Å². The molecule has 0 radical (unpaired) electrons. The molecule has 3 aromatic carbocycles. The normalized spacial score (nSPS) is 13.1. The molecule has 0 heterocycles. The fourth-order valence-electron chi connectivity index (χ4n) is 3.03. The summed E-state index contributed by atoms with van der Waals surface area (Å²) in [5.74, 6) is -4.42. The fraction of sp³-hybridized carbons (Fsp3) is 0.200. The van der Waals surface area contributed by atoms with Crippen LogP contribution >= 0.6 is 11.8 Å². The van der Waals surface area contributed by atoms with Crippen molar-refractivity contribution in [2.45, 2.75) is 35.7 Å². The number of halogens is 5. The van der Waals surface area contributed by atoms with E-state index in [1.54, 1.807) is 6.92 Å². The molecule has 0 amide bonds. The largest absolute Gasteiger partial charge is 0.416 e. The lowest BCUT2D eigenvalue weighted by molar-refractivity contribution is -0.137. The molecule has 0 bridgehead atoms. The molecule has 0 aliphatic rings. The predicted molar refractivity (Wildman–Crippen MR) is 126 cm³/mol. The summed E-state index contributed by atoms with van der Waals surface area (Å²) in [7, 11) is -4.67. The molecular weight excluding hydrogens is 507 g/mol. The minimum absolute atomic E-state index is 0.0926. The Balaban J connectivity index is 2.06. The Hall–Kier alpha value is -2.85. The van der Waals surface area contributed by atoms with Crippen molar-refractivity contribution in [1.82, 2.24) is 0 Å². The number of hydrogen-bond acceptors (Lipinski definition) is 4. The van der Waals surface area contributed by atoms with Crippen LogP contribution in [0.25, 0.3) is 6.08 Å². The molecule has 0 aromatic heterocycles. The van der Waals surface area contributed by atoms with Gasteiger partial charge in [-0.2, -0.15) is 30.4 Å². The standard InChI is InChI=1S/C25H21F5O3S2/c1-3-34-21-12-10-19(11-13-21)24(26,27)23(16-18-6-8-20(9-7-18)25(28,29)30)33-35(31,32)22-14-4-17(2)5-15-22/h4-16H,3H2,1-2H3/b23-16-. The van der Waals surface area contributed by atoms with Gasteiger partial charge in [0.1, 0.15) is 4.90 Å². The summed E-state index contributed by atoms with van der Waals surface area (Å²) in [6.07, 6.45) is -3.89. The van der Waals surface area contributed by atoms with Crippen molar-refractivity contribution in [3.63, 3.8) is 0 Å². The van der Waals surface area contributed by atoms with Crippen LogP contribution in [0.4, 0.5) is 22.0 Å². The lowest BCUT2D eigenvalue weighted by atomic mass is 10.0. The predicted octanol–water partition coefficient (Wildman–Crippen LogP) is 7.66. The van der Waals surface area contributed by atoms with Gasteiger partial charge in [0.25, 0.3) is 0 Å². The molecule has 0 atom stereocenters. The average Bonchev–Trinajstić information content (AvgIpc) is 2.79. The molecule has 0 aliphatic heterocycles. The van der Waals surface area contributed by atoms with Crippen molar-refractivity contribution in [1.29, 1.82) is 0 Å². The maximum atomic E-state index is 15.6. The Morgan fingerprint density at radius 2 is 1.40 bits per heavy atom. The van der Waals surface area contributed by atoms with Gasteiger partial charge >= 0.3 is 22.2 Å². The van der Waals surface area contributed by atoms with Gasteiger partial charge in [-0.15, -0.1) is 11.8 Å². The maximum Gasteiger partial charge on any atom is 0.416 e. The van der Waals surface area contributed by atoms with E-state index in [0.717, 1.165) is 46.6 Å². The lowest BCUT2D eigenvalue weighted by Gasteiger charge is -2.21. The molecule has 3 aromatic rings. The molecule has 0 aliphatic carbocycles. The Bertz CT molecular complexity index is 1280. The van der Waals surface area contributed by atoms with E-state index in [1.807, 2.05) is 6.92 Å². The fourth-order valence-corrected chi connectivity index (χ4v) is 4.64. The molecule has 3 rings (SSSR count). The molecule has 0 saturated heterocycles. The van der Waals surface area contributed by atoms with Crippen LogP contribution in [0.5, 0.6) is 0 Å².